The van der Waals surface area contributed by atoms with Crippen LogP contribution in [-0.2, 0) is 12.2 Å². The average Bonchev–Trinajstić information content (AvgIpc) is 2.97. The first-order valence-electron chi connectivity index (χ1n) is 6.89. The molecule has 2 heterocycles. The summed E-state index contributed by atoms with van der Waals surface area (Å²) in [7, 11) is 0. The van der Waals surface area contributed by atoms with Gasteiger partial charge in [0.15, 0.2) is 0 Å². The lowest BCUT2D eigenvalue weighted by Gasteiger charge is -2.15. The average molecular weight is 338 g/mol. The van der Waals surface area contributed by atoms with Crippen molar-refractivity contribution in [2.24, 2.45) is 0 Å². The van der Waals surface area contributed by atoms with Gasteiger partial charge >= 0.3 is 0 Å². The molecule has 1 N–H and O–H groups in total. The van der Waals surface area contributed by atoms with Crippen molar-refractivity contribution in [2.75, 3.05) is 11.6 Å². The van der Waals surface area contributed by atoms with Gasteiger partial charge in [-0.1, -0.05) is 30.3 Å². The highest BCUT2D eigenvalue weighted by Crippen LogP contribution is 2.32. The molecule has 1 aromatic heterocycles. The summed E-state index contributed by atoms with van der Waals surface area (Å²) in [6.07, 6.45) is 1.08. The zero-order valence-electron chi connectivity index (χ0n) is 11.5. The van der Waals surface area contributed by atoms with Crippen molar-refractivity contribution in [3.63, 3.8) is 0 Å². The molecule has 0 saturated carbocycles. The number of thioether (sulfide) groups is 1. The number of amides is 1. The first kappa shape index (κ1) is 14.9. The van der Waals surface area contributed by atoms with E-state index in [1.54, 1.807) is 11.3 Å². The fourth-order valence-electron chi connectivity index (χ4n) is 2.38. The van der Waals surface area contributed by atoms with E-state index in [2.05, 4.69) is 5.32 Å². The molecule has 1 unspecified atom stereocenters. The molecule has 2 nitrogen and oxygen atoms in total. The maximum absolute atomic E-state index is 12.4. The molecule has 0 fully saturated rings. The van der Waals surface area contributed by atoms with E-state index < -0.39 is 0 Å². The van der Waals surface area contributed by atoms with Gasteiger partial charge in [0.1, 0.15) is 0 Å². The van der Waals surface area contributed by atoms with Crippen LogP contribution in [-0.4, -0.2) is 17.5 Å². The number of fused-ring (bicyclic) bond motifs is 1. The van der Waals surface area contributed by atoms with Crippen molar-refractivity contribution in [3.8, 4) is 0 Å². The molecule has 1 amide bonds. The Morgan fingerprint density at radius 2 is 2.14 bits per heavy atom. The third-order valence-electron chi connectivity index (χ3n) is 3.51. The molecule has 1 aliphatic rings. The van der Waals surface area contributed by atoms with E-state index in [1.807, 2.05) is 48.2 Å². The van der Waals surface area contributed by atoms with E-state index in [4.69, 9.17) is 11.6 Å². The van der Waals surface area contributed by atoms with E-state index in [0.717, 1.165) is 28.4 Å². The zero-order valence-corrected chi connectivity index (χ0v) is 13.9. The van der Waals surface area contributed by atoms with Crippen molar-refractivity contribution in [1.82, 2.24) is 5.32 Å². The Balaban J connectivity index is 1.74. The van der Waals surface area contributed by atoms with Crippen LogP contribution in [0.25, 0.3) is 0 Å². The van der Waals surface area contributed by atoms with Gasteiger partial charge in [0, 0.05) is 16.5 Å². The Morgan fingerprint density at radius 1 is 1.33 bits per heavy atom. The van der Waals surface area contributed by atoms with E-state index in [9.17, 15) is 4.79 Å². The highest BCUT2D eigenvalue weighted by Gasteiger charge is 2.20. The third-order valence-corrected chi connectivity index (χ3v) is 6.07. The lowest BCUT2D eigenvalue weighted by molar-refractivity contribution is 0.0944. The SMILES string of the molecule is O=C(NC(CCl)c1ccccc1)c1cc2c(s1)CCSC2. The Bertz CT molecular complexity index is 603. The van der Waals surface area contributed by atoms with Crippen LogP contribution < -0.4 is 5.32 Å². The van der Waals surface area contributed by atoms with Gasteiger partial charge in [-0.3, -0.25) is 4.79 Å². The molecule has 2 aromatic rings. The Morgan fingerprint density at radius 3 is 2.86 bits per heavy atom. The molecule has 5 heteroatoms. The van der Waals surface area contributed by atoms with Gasteiger partial charge in [-0.15, -0.1) is 22.9 Å². The van der Waals surface area contributed by atoms with Crippen molar-refractivity contribution in [2.45, 2.75) is 18.2 Å². The largest absolute Gasteiger partial charge is 0.343 e. The predicted molar refractivity (Wildman–Crippen MR) is 91.6 cm³/mol. The minimum absolute atomic E-state index is 0.0195. The molecule has 1 atom stereocenters. The van der Waals surface area contributed by atoms with Gasteiger partial charge in [0.05, 0.1) is 10.9 Å². The van der Waals surface area contributed by atoms with Crippen LogP contribution in [0.15, 0.2) is 36.4 Å². The number of benzene rings is 1. The highest BCUT2D eigenvalue weighted by molar-refractivity contribution is 7.98. The van der Waals surface area contributed by atoms with Crippen molar-refractivity contribution >= 4 is 40.6 Å². The number of thiophene rings is 1. The van der Waals surface area contributed by atoms with Crippen LogP contribution in [0.3, 0.4) is 0 Å². The highest BCUT2D eigenvalue weighted by atomic mass is 35.5. The Kier molecular flexibility index (Phi) is 4.88. The molecular formula is C16H16ClNOS2. The summed E-state index contributed by atoms with van der Waals surface area (Å²) in [5.74, 6) is 2.53. The summed E-state index contributed by atoms with van der Waals surface area (Å²) in [6.45, 7) is 0. The summed E-state index contributed by atoms with van der Waals surface area (Å²) < 4.78 is 0. The van der Waals surface area contributed by atoms with Crippen molar-refractivity contribution in [3.05, 3.63) is 57.3 Å². The molecule has 0 bridgehead atoms. The van der Waals surface area contributed by atoms with Gasteiger partial charge in [-0.25, -0.2) is 0 Å². The first-order chi connectivity index (χ1) is 10.3. The number of aryl methyl sites for hydroxylation is 1. The second kappa shape index (κ2) is 6.86. The van der Waals surface area contributed by atoms with Crippen molar-refractivity contribution < 1.29 is 4.79 Å². The van der Waals surface area contributed by atoms with Crippen LogP contribution in [0, 0.1) is 0 Å². The fourth-order valence-corrected chi connectivity index (χ4v) is 4.92. The molecule has 0 spiro atoms. The van der Waals surface area contributed by atoms with Crippen LogP contribution >= 0.6 is 34.7 Å². The second-order valence-corrected chi connectivity index (χ2v) is 7.50. The van der Waals surface area contributed by atoms with Gasteiger partial charge in [0.2, 0.25) is 0 Å². The number of carbonyl (C=O) groups is 1. The van der Waals surface area contributed by atoms with E-state index >= 15 is 0 Å². The van der Waals surface area contributed by atoms with Gasteiger partial charge in [0.25, 0.3) is 5.91 Å². The topological polar surface area (TPSA) is 29.1 Å². The van der Waals surface area contributed by atoms with Crippen LogP contribution in [0.4, 0.5) is 0 Å². The summed E-state index contributed by atoms with van der Waals surface area (Å²) in [5.41, 5.74) is 2.36. The van der Waals surface area contributed by atoms with Crippen molar-refractivity contribution in [1.29, 1.82) is 0 Å². The van der Waals surface area contributed by atoms with Crippen LogP contribution in [0.5, 0.6) is 0 Å². The first-order valence-corrected chi connectivity index (χ1v) is 9.39. The second-order valence-electron chi connectivity index (χ2n) is 4.95. The molecule has 21 heavy (non-hydrogen) atoms. The van der Waals surface area contributed by atoms with Gasteiger partial charge in [-0.05, 0) is 29.4 Å². The van der Waals surface area contributed by atoms with Crippen LogP contribution in [0.1, 0.15) is 31.7 Å². The standard InChI is InChI=1S/C16H16ClNOS2/c17-9-13(11-4-2-1-3-5-11)18-16(19)15-8-12-10-20-7-6-14(12)21-15/h1-5,8,13H,6-7,9-10H2,(H,18,19). The third kappa shape index (κ3) is 3.44. The fraction of sp³-hybridized carbons (Fsp3) is 0.312. The number of hydrogen-bond donors (Lipinski definition) is 1. The van der Waals surface area contributed by atoms with E-state index in [0.29, 0.717) is 5.88 Å². The summed E-state index contributed by atoms with van der Waals surface area (Å²) in [6, 6.07) is 11.8. The normalized spacial score (nSPS) is 15.3. The minimum Gasteiger partial charge on any atom is -0.343 e. The number of rotatable bonds is 4. The quantitative estimate of drug-likeness (QED) is 0.845. The number of halogens is 1. The molecule has 0 saturated heterocycles. The molecule has 110 valence electrons. The van der Waals surface area contributed by atoms with E-state index in [1.165, 1.54) is 10.4 Å². The zero-order chi connectivity index (χ0) is 14.7. The number of carbonyl (C=O) groups excluding carboxylic acids is 1. The maximum Gasteiger partial charge on any atom is 0.261 e. The maximum atomic E-state index is 12.4. The molecule has 0 aliphatic carbocycles. The lowest BCUT2D eigenvalue weighted by atomic mass is 10.1. The van der Waals surface area contributed by atoms with E-state index in [-0.39, 0.29) is 11.9 Å². The molecular weight excluding hydrogens is 322 g/mol. The Hall–Kier alpha value is -0.970. The molecule has 0 radical (unpaired) electrons. The monoisotopic (exact) mass is 337 g/mol. The number of alkyl halides is 1. The molecule has 1 aliphatic heterocycles. The Labute approximate surface area is 137 Å². The predicted octanol–water partition coefficient (Wildman–Crippen LogP) is 4.25. The smallest absolute Gasteiger partial charge is 0.261 e. The minimum atomic E-state index is -0.145. The summed E-state index contributed by atoms with van der Waals surface area (Å²) in [4.78, 5) is 14.6. The summed E-state index contributed by atoms with van der Waals surface area (Å²) >= 11 is 9.57. The van der Waals surface area contributed by atoms with Crippen LogP contribution in [0.2, 0.25) is 0 Å². The number of hydrogen-bond acceptors (Lipinski definition) is 3. The van der Waals surface area contributed by atoms with Gasteiger partial charge < -0.3 is 5.32 Å². The van der Waals surface area contributed by atoms with Gasteiger partial charge in [-0.2, -0.15) is 11.8 Å². The summed E-state index contributed by atoms with van der Waals surface area (Å²) in [5, 5.41) is 3.04. The number of nitrogens with one attached hydrogen (secondary N) is 1. The molecule has 3 rings (SSSR count). The lowest BCUT2D eigenvalue weighted by Crippen LogP contribution is -2.29. The molecule has 1 aromatic carbocycles.